The molecule has 1 saturated heterocycles. The van der Waals surface area contributed by atoms with Crippen LogP contribution in [0.2, 0.25) is 0 Å². The zero-order chi connectivity index (χ0) is 15.2. The van der Waals surface area contributed by atoms with Crippen molar-refractivity contribution in [2.45, 2.75) is 18.4 Å². The summed E-state index contributed by atoms with van der Waals surface area (Å²) < 4.78 is 18.8. The summed E-state index contributed by atoms with van der Waals surface area (Å²) in [6.45, 7) is 2.42. The molecule has 1 aliphatic heterocycles. The fourth-order valence-electron chi connectivity index (χ4n) is 2.29. The van der Waals surface area contributed by atoms with E-state index in [1.807, 2.05) is 13.3 Å². The first-order valence-electron chi connectivity index (χ1n) is 6.94. The molecule has 1 heterocycles. The van der Waals surface area contributed by atoms with Gasteiger partial charge in [-0.3, -0.25) is 4.79 Å². The summed E-state index contributed by atoms with van der Waals surface area (Å²) in [6.07, 6.45) is 1.55. The third-order valence-electron chi connectivity index (χ3n) is 3.48. The highest BCUT2D eigenvalue weighted by Gasteiger charge is 2.24. The van der Waals surface area contributed by atoms with Crippen LogP contribution in [-0.2, 0) is 21.8 Å². The van der Waals surface area contributed by atoms with Gasteiger partial charge in [-0.1, -0.05) is 6.07 Å². The standard InChI is InChI=1S/C15H21FN2O2S/c1-18-5-6-20-14(9-18)15(19)17-8-11-3-4-13(16)7-12(11)10-21-2/h3-4,7,14H,5-6,8-10H2,1-2H3,(H,17,19). The number of amides is 1. The maximum absolute atomic E-state index is 13.3. The molecule has 0 aliphatic carbocycles. The van der Waals surface area contributed by atoms with Gasteiger partial charge in [-0.2, -0.15) is 11.8 Å². The number of morpholine rings is 1. The van der Waals surface area contributed by atoms with Crippen LogP contribution < -0.4 is 5.32 Å². The Labute approximate surface area is 129 Å². The molecule has 0 spiro atoms. The van der Waals surface area contributed by atoms with E-state index >= 15 is 0 Å². The number of carbonyl (C=O) groups excluding carboxylic acids is 1. The first-order chi connectivity index (χ1) is 10.1. The molecular formula is C15H21FN2O2S. The smallest absolute Gasteiger partial charge is 0.250 e. The molecular weight excluding hydrogens is 291 g/mol. The Morgan fingerprint density at radius 1 is 1.52 bits per heavy atom. The number of nitrogens with one attached hydrogen (secondary N) is 1. The van der Waals surface area contributed by atoms with E-state index in [4.69, 9.17) is 4.74 Å². The normalized spacial score (nSPS) is 19.5. The summed E-state index contributed by atoms with van der Waals surface area (Å²) in [7, 11) is 1.97. The second-order valence-corrected chi connectivity index (χ2v) is 6.05. The highest BCUT2D eigenvalue weighted by Crippen LogP contribution is 2.16. The van der Waals surface area contributed by atoms with Crippen LogP contribution in [0.25, 0.3) is 0 Å². The van der Waals surface area contributed by atoms with Crippen molar-refractivity contribution in [2.24, 2.45) is 0 Å². The van der Waals surface area contributed by atoms with Crippen LogP contribution >= 0.6 is 11.8 Å². The average molecular weight is 312 g/mol. The zero-order valence-electron chi connectivity index (χ0n) is 12.4. The van der Waals surface area contributed by atoms with Crippen LogP contribution in [0.15, 0.2) is 18.2 Å². The number of ether oxygens (including phenoxy) is 1. The first kappa shape index (κ1) is 16.3. The Morgan fingerprint density at radius 3 is 3.05 bits per heavy atom. The second kappa shape index (κ2) is 7.77. The van der Waals surface area contributed by atoms with Gasteiger partial charge < -0.3 is 15.0 Å². The van der Waals surface area contributed by atoms with Crippen molar-refractivity contribution in [3.63, 3.8) is 0 Å². The molecule has 2 rings (SSSR count). The largest absolute Gasteiger partial charge is 0.366 e. The van der Waals surface area contributed by atoms with Crippen molar-refractivity contribution in [3.05, 3.63) is 35.1 Å². The molecule has 1 unspecified atom stereocenters. The van der Waals surface area contributed by atoms with Crippen molar-refractivity contribution in [2.75, 3.05) is 33.0 Å². The van der Waals surface area contributed by atoms with Crippen molar-refractivity contribution in [1.82, 2.24) is 10.2 Å². The Kier molecular flexibility index (Phi) is 6.02. The van der Waals surface area contributed by atoms with Gasteiger partial charge in [-0.25, -0.2) is 4.39 Å². The van der Waals surface area contributed by atoms with Gasteiger partial charge in [0, 0.05) is 25.4 Å². The van der Waals surface area contributed by atoms with Crippen molar-refractivity contribution >= 4 is 17.7 Å². The van der Waals surface area contributed by atoms with Gasteiger partial charge in [0.25, 0.3) is 5.91 Å². The molecule has 0 saturated carbocycles. The van der Waals surface area contributed by atoms with E-state index in [-0.39, 0.29) is 11.7 Å². The van der Waals surface area contributed by atoms with Gasteiger partial charge >= 0.3 is 0 Å². The maximum atomic E-state index is 13.3. The van der Waals surface area contributed by atoms with Gasteiger partial charge in [0.15, 0.2) is 0 Å². The van der Waals surface area contributed by atoms with Crippen molar-refractivity contribution in [3.8, 4) is 0 Å². The first-order valence-corrected chi connectivity index (χ1v) is 8.33. The minimum Gasteiger partial charge on any atom is -0.366 e. The molecule has 1 N–H and O–H groups in total. The molecule has 1 fully saturated rings. The van der Waals surface area contributed by atoms with E-state index < -0.39 is 6.10 Å². The summed E-state index contributed by atoms with van der Waals surface area (Å²) in [5, 5.41) is 2.89. The van der Waals surface area contributed by atoms with Crippen LogP contribution in [0.4, 0.5) is 4.39 Å². The minimum absolute atomic E-state index is 0.110. The van der Waals surface area contributed by atoms with E-state index in [0.717, 1.165) is 23.4 Å². The summed E-state index contributed by atoms with van der Waals surface area (Å²) >= 11 is 1.63. The highest BCUT2D eigenvalue weighted by atomic mass is 32.2. The predicted molar refractivity (Wildman–Crippen MR) is 82.7 cm³/mol. The number of carbonyl (C=O) groups is 1. The van der Waals surface area contributed by atoms with Crippen LogP contribution in [0.5, 0.6) is 0 Å². The third kappa shape index (κ3) is 4.69. The second-order valence-electron chi connectivity index (χ2n) is 5.19. The Balaban J connectivity index is 1.94. The molecule has 0 aromatic heterocycles. The molecule has 1 aromatic carbocycles. The van der Waals surface area contributed by atoms with E-state index in [1.165, 1.54) is 12.1 Å². The van der Waals surface area contributed by atoms with Crippen LogP contribution in [0.3, 0.4) is 0 Å². The van der Waals surface area contributed by atoms with E-state index in [1.54, 1.807) is 17.8 Å². The molecule has 0 bridgehead atoms. The lowest BCUT2D eigenvalue weighted by molar-refractivity contribution is -0.137. The monoisotopic (exact) mass is 312 g/mol. The number of nitrogens with zero attached hydrogens (tertiary/aromatic N) is 1. The van der Waals surface area contributed by atoms with Gasteiger partial charge in [-0.05, 0) is 36.6 Å². The summed E-state index contributed by atoms with van der Waals surface area (Å²) in [5.74, 6) is 0.373. The van der Waals surface area contributed by atoms with Gasteiger partial charge in [-0.15, -0.1) is 0 Å². The predicted octanol–water partition coefficient (Wildman–Crippen LogP) is 1.64. The lowest BCUT2D eigenvalue weighted by atomic mass is 10.1. The molecule has 21 heavy (non-hydrogen) atoms. The third-order valence-corrected chi connectivity index (χ3v) is 4.08. The Bertz CT molecular complexity index is 499. The summed E-state index contributed by atoms with van der Waals surface area (Å²) in [4.78, 5) is 14.2. The summed E-state index contributed by atoms with van der Waals surface area (Å²) in [5.41, 5.74) is 1.87. The number of halogens is 1. The van der Waals surface area contributed by atoms with E-state index in [9.17, 15) is 9.18 Å². The average Bonchev–Trinajstić information content (AvgIpc) is 2.46. The molecule has 0 radical (unpaired) electrons. The maximum Gasteiger partial charge on any atom is 0.250 e. The lowest BCUT2D eigenvalue weighted by Crippen LogP contribution is -2.48. The quantitative estimate of drug-likeness (QED) is 0.897. The topological polar surface area (TPSA) is 41.6 Å². The van der Waals surface area contributed by atoms with E-state index in [2.05, 4.69) is 10.2 Å². The van der Waals surface area contributed by atoms with Crippen LogP contribution in [0.1, 0.15) is 11.1 Å². The molecule has 1 aliphatic rings. The molecule has 1 atom stereocenters. The lowest BCUT2D eigenvalue weighted by Gasteiger charge is -2.29. The molecule has 4 nitrogen and oxygen atoms in total. The Hall–Kier alpha value is -1.11. The van der Waals surface area contributed by atoms with Crippen LogP contribution in [0, 0.1) is 5.82 Å². The van der Waals surface area contributed by atoms with Crippen molar-refractivity contribution in [1.29, 1.82) is 0 Å². The number of likely N-dealkylation sites (N-methyl/N-ethyl adjacent to an activating group) is 1. The minimum atomic E-state index is -0.423. The number of hydrogen-bond acceptors (Lipinski definition) is 4. The number of benzene rings is 1. The van der Waals surface area contributed by atoms with Gasteiger partial charge in [0.05, 0.1) is 6.61 Å². The zero-order valence-corrected chi connectivity index (χ0v) is 13.2. The number of rotatable bonds is 5. The number of thioether (sulfide) groups is 1. The van der Waals surface area contributed by atoms with Crippen molar-refractivity contribution < 1.29 is 13.9 Å². The molecule has 6 heteroatoms. The van der Waals surface area contributed by atoms with Gasteiger partial charge in [0.1, 0.15) is 11.9 Å². The fourth-order valence-corrected chi connectivity index (χ4v) is 2.87. The Morgan fingerprint density at radius 2 is 2.33 bits per heavy atom. The highest BCUT2D eigenvalue weighted by molar-refractivity contribution is 7.97. The summed E-state index contributed by atoms with van der Waals surface area (Å²) in [6, 6.07) is 4.69. The molecule has 1 amide bonds. The van der Waals surface area contributed by atoms with Crippen LogP contribution in [-0.4, -0.2) is 49.9 Å². The van der Waals surface area contributed by atoms with E-state index in [0.29, 0.717) is 19.7 Å². The SMILES string of the molecule is CSCc1cc(F)ccc1CNC(=O)C1CN(C)CCO1. The molecule has 116 valence electrons. The fraction of sp³-hybridized carbons (Fsp3) is 0.533. The van der Waals surface area contributed by atoms with Gasteiger partial charge in [0.2, 0.25) is 0 Å². The number of hydrogen-bond donors (Lipinski definition) is 1. The molecule has 1 aromatic rings.